The number of hydrogen-bond acceptors (Lipinski definition) is 4. The van der Waals surface area contributed by atoms with E-state index in [-0.39, 0.29) is 0 Å². The normalized spacial score (nSPS) is 12.5. The molecule has 0 aliphatic rings. The average molecular weight is 310 g/mol. The van der Waals surface area contributed by atoms with E-state index in [0.717, 1.165) is 0 Å². The Hall–Kier alpha value is -1.77. The van der Waals surface area contributed by atoms with E-state index < -0.39 is 44.2 Å². The van der Waals surface area contributed by atoms with Gasteiger partial charge in [0.05, 0.1) is 11.3 Å². The Morgan fingerprint density at radius 2 is 1.85 bits per heavy atom. The van der Waals surface area contributed by atoms with Crippen LogP contribution in [-0.4, -0.2) is 14.3 Å². The molecule has 0 spiro atoms. The molecular formula is C11H13F3N2O3S. The van der Waals surface area contributed by atoms with E-state index in [9.17, 15) is 26.4 Å². The van der Waals surface area contributed by atoms with Crippen LogP contribution in [0.5, 0.6) is 0 Å². The summed E-state index contributed by atoms with van der Waals surface area (Å²) in [6.45, 7) is 2.95. The fourth-order valence-electron chi connectivity index (χ4n) is 1.27. The number of benzene rings is 1. The van der Waals surface area contributed by atoms with Gasteiger partial charge in [-0.15, -0.1) is 0 Å². The van der Waals surface area contributed by atoms with Crippen LogP contribution >= 0.6 is 0 Å². The van der Waals surface area contributed by atoms with Crippen molar-refractivity contribution in [1.29, 1.82) is 0 Å². The molecular weight excluding hydrogens is 297 g/mol. The Morgan fingerprint density at radius 1 is 1.30 bits per heavy atom. The molecule has 0 aliphatic carbocycles. The number of anilines is 1. The molecule has 0 fully saturated rings. The number of rotatable bonds is 3. The van der Waals surface area contributed by atoms with Gasteiger partial charge >= 0.3 is 6.18 Å². The van der Waals surface area contributed by atoms with Crippen LogP contribution < -0.4 is 10.5 Å². The summed E-state index contributed by atoms with van der Waals surface area (Å²) in [6, 6.07) is 1.81. The van der Waals surface area contributed by atoms with E-state index in [1.807, 2.05) is 0 Å². The largest absolute Gasteiger partial charge is 0.416 e. The highest BCUT2D eigenvalue weighted by Crippen LogP contribution is 2.32. The zero-order valence-electron chi connectivity index (χ0n) is 10.7. The van der Waals surface area contributed by atoms with E-state index >= 15 is 0 Å². The average Bonchev–Trinajstić information content (AvgIpc) is 2.26. The third-order valence-electron chi connectivity index (χ3n) is 2.39. The quantitative estimate of drug-likeness (QED) is 0.832. The zero-order chi connectivity index (χ0) is 15.7. The van der Waals surface area contributed by atoms with Crippen LogP contribution in [0.2, 0.25) is 0 Å². The number of nitrogens with one attached hydrogen (secondary N) is 1. The van der Waals surface area contributed by atoms with Crippen molar-refractivity contribution in [2.45, 2.75) is 24.9 Å². The summed E-state index contributed by atoms with van der Waals surface area (Å²) < 4.78 is 62.7. The summed E-state index contributed by atoms with van der Waals surface area (Å²) in [4.78, 5) is 10.8. The Morgan fingerprint density at radius 3 is 2.25 bits per heavy atom. The molecule has 1 aromatic rings. The molecule has 0 bridgehead atoms. The number of amides is 1. The maximum atomic E-state index is 12.4. The van der Waals surface area contributed by atoms with Gasteiger partial charge in [-0.1, -0.05) is 13.8 Å². The topological polar surface area (TPSA) is 89.3 Å². The van der Waals surface area contributed by atoms with Gasteiger partial charge in [0.2, 0.25) is 5.91 Å². The summed E-state index contributed by atoms with van der Waals surface area (Å²) in [5.41, 5.74) is 3.68. The summed E-state index contributed by atoms with van der Waals surface area (Å²) in [5, 5.41) is 0. The number of hydrogen-bond donors (Lipinski definition) is 2. The van der Waals surface area contributed by atoms with Crippen LogP contribution in [0, 0.1) is 5.92 Å². The predicted molar refractivity (Wildman–Crippen MR) is 66.0 cm³/mol. The molecule has 0 saturated heterocycles. The van der Waals surface area contributed by atoms with E-state index in [1.54, 1.807) is 4.72 Å². The van der Waals surface area contributed by atoms with Crippen molar-refractivity contribution in [3.8, 4) is 0 Å². The lowest BCUT2D eigenvalue weighted by molar-refractivity contribution is -0.137. The minimum atomic E-state index is -4.63. The first-order valence-corrected chi connectivity index (χ1v) is 6.97. The number of alkyl halides is 3. The number of nitrogens with two attached hydrogens (primary N) is 1. The lowest BCUT2D eigenvalue weighted by Gasteiger charge is -2.13. The smallest absolute Gasteiger partial charge is 0.398 e. The van der Waals surface area contributed by atoms with Crippen molar-refractivity contribution in [2.75, 3.05) is 5.73 Å². The third-order valence-corrected chi connectivity index (χ3v) is 3.81. The molecule has 0 saturated carbocycles. The van der Waals surface area contributed by atoms with Crippen molar-refractivity contribution in [3.63, 3.8) is 0 Å². The molecule has 9 heteroatoms. The molecule has 20 heavy (non-hydrogen) atoms. The Kier molecular flexibility index (Phi) is 4.33. The molecule has 1 aromatic carbocycles. The van der Waals surface area contributed by atoms with Gasteiger partial charge in [0.1, 0.15) is 4.90 Å². The van der Waals surface area contributed by atoms with E-state index in [0.29, 0.717) is 18.2 Å². The van der Waals surface area contributed by atoms with E-state index in [1.165, 1.54) is 13.8 Å². The fraction of sp³-hybridized carbons (Fsp3) is 0.364. The summed E-state index contributed by atoms with van der Waals surface area (Å²) in [6.07, 6.45) is -4.63. The van der Waals surface area contributed by atoms with Crippen molar-refractivity contribution >= 4 is 21.6 Å². The molecule has 1 rings (SSSR count). The van der Waals surface area contributed by atoms with Gasteiger partial charge in [-0.25, -0.2) is 13.1 Å². The first kappa shape index (κ1) is 16.3. The van der Waals surface area contributed by atoms with Crippen molar-refractivity contribution in [2.24, 2.45) is 5.92 Å². The molecule has 5 nitrogen and oxygen atoms in total. The molecule has 112 valence electrons. The van der Waals surface area contributed by atoms with Crippen LogP contribution in [0.3, 0.4) is 0 Å². The minimum absolute atomic E-state index is 0.508. The highest BCUT2D eigenvalue weighted by molar-refractivity contribution is 7.90. The van der Waals surface area contributed by atoms with E-state index in [4.69, 9.17) is 5.73 Å². The van der Waals surface area contributed by atoms with Crippen LogP contribution in [0.1, 0.15) is 19.4 Å². The lowest BCUT2D eigenvalue weighted by atomic mass is 10.2. The zero-order valence-corrected chi connectivity index (χ0v) is 11.5. The first-order chi connectivity index (χ1) is 8.95. The SMILES string of the molecule is CC(C)C(=O)NS(=O)(=O)c1ccc(C(F)(F)F)cc1N. The number of nitrogen functional groups attached to an aromatic ring is 1. The Bertz CT molecular complexity index is 624. The third kappa shape index (κ3) is 3.62. The molecule has 0 radical (unpaired) electrons. The second-order valence-corrected chi connectivity index (χ2v) is 6.03. The minimum Gasteiger partial charge on any atom is -0.398 e. The van der Waals surface area contributed by atoms with Gasteiger partial charge in [0.15, 0.2) is 0 Å². The van der Waals surface area contributed by atoms with Crippen molar-refractivity contribution in [1.82, 2.24) is 4.72 Å². The molecule has 0 atom stereocenters. The van der Waals surface area contributed by atoms with Crippen LogP contribution in [0.4, 0.5) is 18.9 Å². The molecule has 0 heterocycles. The first-order valence-electron chi connectivity index (χ1n) is 5.48. The number of halogens is 3. The Labute approximate surface area is 114 Å². The summed E-state index contributed by atoms with van der Waals surface area (Å²) >= 11 is 0. The molecule has 0 aromatic heterocycles. The van der Waals surface area contributed by atoms with Crippen LogP contribution in [0.25, 0.3) is 0 Å². The van der Waals surface area contributed by atoms with Crippen molar-refractivity contribution < 1.29 is 26.4 Å². The molecule has 0 aliphatic heterocycles. The Balaban J connectivity index is 3.18. The number of sulfonamides is 1. The lowest BCUT2D eigenvalue weighted by Crippen LogP contribution is -2.34. The van der Waals surface area contributed by atoms with Crippen LogP contribution in [0.15, 0.2) is 23.1 Å². The second-order valence-electron chi connectivity index (χ2n) is 4.37. The van der Waals surface area contributed by atoms with Gasteiger partial charge in [0, 0.05) is 5.92 Å². The summed E-state index contributed by atoms with van der Waals surface area (Å²) in [7, 11) is -4.29. The second kappa shape index (κ2) is 5.31. The van der Waals surface area contributed by atoms with Crippen LogP contribution in [-0.2, 0) is 21.0 Å². The van der Waals surface area contributed by atoms with Gasteiger partial charge in [0.25, 0.3) is 10.0 Å². The van der Waals surface area contributed by atoms with Gasteiger partial charge in [-0.05, 0) is 18.2 Å². The maximum absolute atomic E-state index is 12.4. The number of carbonyl (C=O) groups is 1. The highest BCUT2D eigenvalue weighted by atomic mass is 32.2. The van der Waals surface area contributed by atoms with Gasteiger partial charge in [-0.2, -0.15) is 13.2 Å². The monoisotopic (exact) mass is 310 g/mol. The fourth-order valence-corrected chi connectivity index (χ4v) is 2.50. The van der Waals surface area contributed by atoms with Crippen molar-refractivity contribution in [3.05, 3.63) is 23.8 Å². The maximum Gasteiger partial charge on any atom is 0.416 e. The summed E-state index contributed by atoms with van der Waals surface area (Å²) in [5.74, 6) is -1.37. The van der Waals surface area contributed by atoms with Gasteiger partial charge in [-0.3, -0.25) is 4.79 Å². The number of carbonyl (C=O) groups excluding carboxylic acids is 1. The molecule has 0 unspecified atom stereocenters. The highest BCUT2D eigenvalue weighted by Gasteiger charge is 2.32. The molecule has 3 N–H and O–H groups in total. The van der Waals surface area contributed by atoms with E-state index in [2.05, 4.69) is 0 Å². The van der Waals surface area contributed by atoms with Gasteiger partial charge < -0.3 is 5.73 Å². The predicted octanol–water partition coefficient (Wildman–Crippen LogP) is 1.75. The standard InChI is InChI=1S/C11H13F3N2O3S/c1-6(2)10(17)16-20(18,19)9-4-3-7(5-8(9)15)11(12,13)14/h3-6H,15H2,1-2H3,(H,16,17). The molecule has 1 amide bonds.